The van der Waals surface area contributed by atoms with Crippen LogP contribution in [0.1, 0.15) is 20.6 Å². The van der Waals surface area contributed by atoms with Gasteiger partial charge >= 0.3 is 0 Å². The molecular weight excluding hydrogens is 717 g/mol. The van der Waals surface area contributed by atoms with E-state index in [1.807, 2.05) is 91.0 Å². The Morgan fingerprint density at radius 1 is 0.441 bits per heavy atom. The Hall–Kier alpha value is -7.88. The SMILES string of the molecule is [2H]c1c([2H])c(N(c2c([2H])c([2H])c(-c3c([2H])c([2H])c([2H])c4c([2H])c([2H])c([2H])c([2H])c34)c([2H])c2[2H])c2cccc3oc4c5ccccc5ccc4c23)c([2H])c([2H])c1-c1cccc(-n2c3ccccc3c3ccccc32)c1. The van der Waals surface area contributed by atoms with Gasteiger partial charge in [-0.25, -0.2) is 0 Å². The molecular formula is C56H36N2O. The zero-order chi connectivity index (χ0) is 51.9. The van der Waals surface area contributed by atoms with Gasteiger partial charge in [-0.1, -0.05) is 151 Å². The molecule has 0 aliphatic rings. The van der Waals surface area contributed by atoms with E-state index in [9.17, 15) is 11.0 Å². The summed E-state index contributed by atoms with van der Waals surface area (Å²) in [5.74, 6) is 0. The van der Waals surface area contributed by atoms with E-state index in [2.05, 4.69) is 4.57 Å². The quantitative estimate of drug-likeness (QED) is 0.168. The number of anilines is 3. The largest absolute Gasteiger partial charge is 0.455 e. The molecule has 276 valence electrons. The summed E-state index contributed by atoms with van der Waals surface area (Å²) in [6.45, 7) is 0. The number of rotatable bonds is 6. The molecule has 0 saturated heterocycles. The van der Waals surface area contributed by atoms with Crippen molar-refractivity contribution in [2.24, 2.45) is 0 Å². The maximum absolute atomic E-state index is 9.86. The molecule has 0 aliphatic heterocycles. The molecule has 0 radical (unpaired) electrons. The van der Waals surface area contributed by atoms with E-state index in [1.165, 1.54) is 4.90 Å². The molecule has 0 bridgehead atoms. The highest BCUT2D eigenvalue weighted by atomic mass is 16.3. The molecule has 0 amide bonds. The van der Waals surface area contributed by atoms with Crippen LogP contribution in [-0.4, -0.2) is 4.57 Å². The maximum Gasteiger partial charge on any atom is 0.143 e. The number of aromatic nitrogens is 1. The van der Waals surface area contributed by atoms with E-state index >= 15 is 0 Å². The molecule has 3 nitrogen and oxygen atoms in total. The number of fused-ring (bicyclic) bond motifs is 9. The highest BCUT2D eigenvalue weighted by Crippen LogP contribution is 2.45. The van der Waals surface area contributed by atoms with Crippen molar-refractivity contribution in [3.63, 3.8) is 0 Å². The van der Waals surface area contributed by atoms with Crippen molar-refractivity contribution in [2.45, 2.75) is 0 Å². The summed E-state index contributed by atoms with van der Waals surface area (Å²) in [6, 6.07) is 28.9. The standard InChI is InChI=1S/C56H36N2O/c1-3-17-45-38(12-1)14-10-21-46(45)40-28-33-43(34-29-40)57(53-24-11-25-54-55(53)50-35-30-39-13-2-4-18-47(39)56(50)59-54)42-31-26-37(27-32-42)41-15-9-16-44(36-41)58-51-22-7-5-19-48(51)49-20-6-8-23-52(49)58/h1-36H/i1D,3D,10D,12D,14D,17D,21D,26D,27D,28D,29D,31D,32D,33D,34D. The van der Waals surface area contributed by atoms with Crippen molar-refractivity contribution >= 4 is 82.4 Å². The Balaban J connectivity index is 1.15. The highest BCUT2D eigenvalue weighted by molar-refractivity contribution is 6.19. The van der Waals surface area contributed by atoms with Crippen LogP contribution in [0.4, 0.5) is 17.1 Å². The van der Waals surface area contributed by atoms with E-state index in [-0.39, 0.29) is 11.3 Å². The van der Waals surface area contributed by atoms with Crippen LogP contribution in [0.25, 0.3) is 93.2 Å². The molecule has 10 aromatic carbocycles. The zero-order valence-corrected chi connectivity index (χ0v) is 30.9. The predicted molar refractivity (Wildman–Crippen MR) is 249 cm³/mol. The lowest BCUT2D eigenvalue weighted by Crippen LogP contribution is -2.10. The number of benzene rings is 10. The van der Waals surface area contributed by atoms with E-state index < -0.39 is 124 Å². The first-order valence-corrected chi connectivity index (χ1v) is 19.0. The molecule has 59 heavy (non-hydrogen) atoms. The Morgan fingerprint density at radius 2 is 1.10 bits per heavy atom. The highest BCUT2D eigenvalue weighted by Gasteiger charge is 2.21. The molecule has 0 unspecified atom stereocenters. The van der Waals surface area contributed by atoms with Crippen molar-refractivity contribution in [1.82, 2.24) is 4.57 Å². The van der Waals surface area contributed by atoms with Crippen molar-refractivity contribution in [3.05, 3.63) is 218 Å². The fourth-order valence-electron chi connectivity index (χ4n) is 8.18. The van der Waals surface area contributed by atoms with Gasteiger partial charge in [0.1, 0.15) is 11.2 Å². The minimum absolute atomic E-state index is 0.0388. The number of para-hydroxylation sites is 2. The molecule has 0 N–H and O–H groups in total. The minimum Gasteiger partial charge on any atom is -0.455 e. The second kappa shape index (κ2) is 13.4. The normalized spacial score (nSPS) is 15.3. The van der Waals surface area contributed by atoms with E-state index in [4.69, 9.17) is 14.0 Å². The maximum atomic E-state index is 9.86. The van der Waals surface area contributed by atoms with Gasteiger partial charge in [-0.3, -0.25) is 0 Å². The average Bonchev–Trinajstić information content (AvgIpc) is 4.01. The molecule has 0 aliphatic carbocycles. The lowest BCUT2D eigenvalue weighted by atomic mass is 9.98. The van der Waals surface area contributed by atoms with Crippen LogP contribution in [-0.2, 0) is 0 Å². The number of nitrogens with zero attached hydrogens (tertiary/aromatic N) is 2. The first-order chi connectivity index (χ1) is 35.5. The van der Waals surface area contributed by atoms with Crippen LogP contribution >= 0.6 is 0 Å². The third kappa shape index (κ3) is 5.36. The number of hydrogen-bond donors (Lipinski definition) is 0. The molecule has 2 aromatic heterocycles. The number of furan rings is 1. The fraction of sp³-hybridized carbons (Fsp3) is 0. The van der Waals surface area contributed by atoms with Gasteiger partial charge < -0.3 is 13.9 Å². The van der Waals surface area contributed by atoms with Gasteiger partial charge in [-0.05, 0) is 105 Å². The summed E-state index contributed by atoms with van der Waals surface area (Å²) in [5, 5.41) is 3.72. The summed E-state index contributed by atoms with van der Waals surface area (Å²) in [6.07, 6.45) is 0. The fourth-order valence-corrected chi connectivity index (χ4v) is 8.18. The van der Waals surface area contributed by atoms with E-state index in [0.717, 1.165) is 32.6 Å². The topological polar surface area (TPSA) is 21.3 Å². The second-order valence-corrected chi connectivity index (χ2v) is 14.1. The van der Waals surface area contributed by atoms with Gasteiger partial charge in [0.2, 0.25) is 0 Å². The molecule has 0 saturated carbocycles. The molecule has 12 rings (SSSR count). The van der Waals surface area contributed by atoms with Gasteiger partial charge in [-0.2, -0.15) is 0 Å². The van der Waals surface area contributed by atoms with Crippen molar-refractivity contribution < 1.29 is 25.0 Å². The van der Waals surface area contributed by atoms with Crippen molar-refractivity contribution in [1.29, 1.82) is 0 Å². The van der Waals surface area contributed by atoms with Gasteiger partial charge in [-0.15, -0.1) is 0 Å². The van der Waals surface area contributed by atoms with Crippen molar-refractivity contribution in [2.75, 3.05) is 4.90 Å². The van der Waals surface area contributed by atoms with Gasteiger partial charge in [0.25, 0.3) is 0 Å². The third-order valence-corrected chi connectivity index (χ3v) is 10.8. The molecule has 3 heteroatoms. The van der Waals surface area contributed by atoms with Gasteiger partial charge in [0.05, 0.1) is 42.7 Å². The molecule has 12 aromatic rings. The summed E-state index contributed by atoms with van der Waals surface area (Å²) < 4.78 is 147. The van der Waals surface area contributed by atoms with Crippen LogP contribution in [0.15, 0.2) is 222 Å². The minimum atomic E-state index is -0.811. The Morgan fingerprint density at radius 3 is 1.88 bits per heavy atom. The van der Waals surface area contributed by atoms with Crippen LogP contribution in [0.3, 0.4) is 0 Å². The molecule has 0 spiro atoms. The van der Waals surface area contributed by atoms with Gasteiger partial charge in [0.15, 0.2) is 0 Å². The van der Waals surface area contributed by atoms with E-state index in [1.54, 1.807) is 36.4 Å². The summed E-state index contributed by atoms with van der Waals surface area (Å²) >= 11 is 0. The lowest BCUT2D eigenvalue weighted by molar-refractivity contribution is 0.672. The third-order valence-electron chi connectivity index (χ3n) is 10.8. The Bertz CT molecular complexity index is 4350. The van der Waals surface area contributed by atoms with Crippen LogP contribution < -0.4 is 4.90 Å². The smallest absolute Gasteiger partial charge is 0.143 e. The summed E-state index contributed by atoms with van der Waals surface area (Å²) in [7, 11) is 0. The monoisotopic (exact) mass is 767 g/mol. The van der Waals surface area contributed by atoms with Crippen LogP contribution in [0.2, 0.25) is 0 Å². The lowest BCUT2D eigenvalue weighted by Gasteiger charge is -2.27. The Kier molecular flexibility index (Phi) is 4.89. The first kappa shape index (κ1) is 21.6. The molecule has 0 fully saturated rings. The van der Waals surface area contributed by atoms with Crippen LogP contribution in [0.5, 0.6) is 0 Å². The molecule has 0 atom stereocenters. The summed E-state index contributed by atoms with van der Waals surface area (Å²) in [4.78, 5) is 1.17. The Labute approximate surface area is 362 Å². The van der Waals surface area contributed by atoms with E-state index in [0.29, 0.717) is 33.2 Å². The number of hydrogen-bond acceptors (Lipinski definition) is 2. The van der Waals surface area contributed by atoms with Crippen LogP contribution in [0, 0.1) is 0 Å². The predicted octanol–water partition coefficient (Wildman–Crippen LogP) is 15.8. The first-order valence-electron chi connectivity index (χ1n) is 26.5. The summed E-state index contributed by atoms with van der Waals surface area (Å²) in [5.41, 5.74) is 1.71. The molecule has 2 heterocycles. The second-order valence-electron chi connectivity index (χ2n) is 14.1. The zero-order valence-electron chi connectivity index (χ0n) is 45.9. The van der Waals surface area contributed by atoms with Crippen molar-refractivity contribution in [3.8, 4) is 27.9 Å². The average molecular weight is 768 g/mol. The van der Waals surface area contributed by atoms with Gasteiger partial charge in [0, 0.05) is 38.6 Å².